The quantitative estimate of drug-likeness (QED) is 0.781. The molecule has 5 fully saturated rings. The lowest BCUT2D eigenvalue weighted by Gasteiger charge is -2.44. The van der Waals surface area contributed by atoms with Gasteiger partial charge in [0, 0.05) is 36.7 Å². The third kappa shape index (κ3) is 3.79. The molecule has 0 radical (unpaired) electrons. The molecule has 1 N–H and O–H groups in total. The maximum atomic E-state index is 13.8. The molecule has 4 saturated carbocycles. The van der Waals surface area contributed by atoms with E-state index in [1.807, 2.05) is 0 Å². The normalized spacial score (nSPS) is 32.8. The van der Waals surface area contributed by atoms with Crippen LogP contribution in [0.5, 0.6) is 0 Å². The molecule has 1 amide bonds. The predicted molar refractivity (Wildman–Crippen MR) is 103 cm³/mol. The lowest BCUT2D eigenvalue weighted by Crippen LogP contribution is -2.48. The Morgan fingerprint density at radius 3 is 2.68 bits per heavy atom. The van der Waals surface area contributed by atoms with Crippen LogP contribution in [0.2, 0.25) is 0 Å². The van der Waals surface area contributed by atoms with E-state index in [0.717, 1.165) is 38.3 Å². The Balaban J connectivity index is 1.44. The minimum Gasteiger partial charge on any atom is -0.378 e. The third-order valence-corrected chi connectivity index (χ3v) is 7.29. The maximum Gasteiger partial charge on any atom is 0.434 e. The fourth-order valence-electron chi connectivity index (χ4n) is 5.99. The lowest BCUT2D eigenvalue weighted by atomic mass is 9.64. The van der Waals surface area contributed by atoms with Gasteiger partial charge in [-0.25, -0.2) is 9.97 Å². The predicted octanol–water partition coefficient (Wildman–Crippen LogP) is 2.92. The summed E-state index contributed by atoms with van der Waals surface area (Å²) in [7, 11) is 0. The van der Waals surface area contributed by atoms with Gasteiger partial charge in [-0.15, -0.1) is 0 Å². The van der Waals surface area contributed by atoms with E-state index >= 15 is 0 Å². The molecule has 4 bridgehead atoms. The molecule has 1 aromatic heterocycles. The van der Waals surface area contributed by atoms with Crippen LogP contribution in [-0.4, -0.2) is 58.4 Å². The minimum atomic E-state index is -4.79. The van der Waals surface area contributed by atoms with E-state index in [0.29, 0.717) is 18.1 Å². The van der Waals surface area contributed by atoms with Crippen LogP contribution in [0.25, 0.3) is 0 Å². The number of rotatable bonds is 3. The van der Waals surface area contributed by atoms with Gasteiger partial charge in [0.15, 0.2) is 5.69 Å². The molecule has 4 unspecified atom stereocenters. The smallest absolute Gasteiger partial charge is 0.378 e. The second-order valence-electron chi connectivity index (χ2n) is 9.34. The van der Waals surface area contributed by atoms with Gasteiger partial charge in [0.2, 0.25) is 5.95 Å². The van der Waals surface area contributed by atoms with Gasteiger partial charge in [-0.05, 0) is 44.4 Å². The summed E-state index contributed by atoms with van der Waals surface area (Å²) in [5, 5.41) is 3.18. The van der Waals surface area contributed by atoms with Crippen molar-refractivity contribution in [3.8, 4) is 0 Å². The SMILES string of the molecule is O=C1C2CCC3(Nc4ncc(C(=O)N5CCOCC5)c(C(F)(F)F)n4)CC(C2)CC1C3. The summed E-state index contributed by atoms with van der Waals surface area (Å²) in [6.45, 7) is 1.05. The standard InChI is InChI=1S/C21H25F3N4O3/c22-21(23,24)17-15(18(30)28-3-5-31-6-4-28)11-25-19(26-17)27-20-2-1-13-7-12(9-20)8-14(10-20)16(13)29/h11-14H,1-10H2,(H,25,26,27). The van der Waals surface area contributed by atoms with Crippen LogP contribution in [0, 0.1) is 17.8 Å². The van der Waals surface area contributed by atoms with Gasteiger partial charge in [0.05, 0.1) is 18.8 Å². The summed E-state index contributed by atoms with van der Waals surface area (Å²) in [6.07, 6.45) is 0.832. The first-order chi connectivity index (χ1) is 14.7. The highest BCUT2D eigenvalue weighted by molar-refractivity contribution is 5.95. The molecule has 1 saturated heterocycles. The molecule has 0 aromatic carbocycles. The summed E-state index contributed by atoms with van der Waals surface area (Å²) in [4.78, 5) is 34.5. The molecular weight excluding hydrogens is 413 g/mol. The zero-order chi connectivity index (χ0) is 21.8. The Bertz CT molecular complexity index is 902. The molecule has 6 rings (SSSR count). The maximum absolute atomic E-state index is 13.8. The Morgan fingerprint density at radius 2 is 1.94 bits per heavy atom. The number of morpholine rings is 1. The van der Waals surface area contributed by atoms with E-state index in [1.54, 1.807) is 0 Å². The van der Waals surface area contributed by atoms with Crippen LogP contribution in [0.15, 0.2) is 6.20 Å². The number of ether oxygens (including phenoxy) is 1. The van der Waals surface area contributed by atoms with Crippen LogP contribution < -0.4 is 5.32 Å². The zero-order valence-corrected chi connectivity index (χ0v) is 17.1. The van der Waals surface area contributed by atoms with Crippen molar-refractivity contribution in [1.82, 2.24) is 14.9 Å². The molecule has 31 heavy (non-hydrogen) atoms. The number of halogens is 3. The van der Waals surface area contributed by atoms with E-state index in [9.17, 15) is 22.8 Å². The number of alkyl halides is 3. The average molecular weight is 438 g/mol. The average Bonchev–Trinajstić information content (AvgIpc) is 2.92. The van der Waals surface area contributed by atoms with Crippen molar-refractivity contribution in [2.75, 3.05) is 31.6 Å². The number of amides is 1. The van der Waals surface area contributed by atoms with Crippen LogP contribution in [0.1, 0.15) is 54.6 Å². The molecule has 1 aromatic rings. The molecular formula is C21H25F3N4O3. The van der Waals surface area contributed by atoms with E-state index < -0.39 is 28.9 Å². The topological polar surface area (TPSA) is 84.4 Å². The minimum absolute atomic E-state index is 0.0308. The summed E-state index contributed by atoms with van der Waals surface area (Å²) >= 11 is 0. The van der Waals surface area contributed by atoms with E-state index in [4.69, 9.17) is 4.74 Å². The monoisotopic (exact) mass is 438 g/mol. The number of hydrogen-bond donors (Lipinski definition) is 1. The second-order valence-corrected chi connectivity index (χ2v) is 9.34. The number of anilines is 1. The van der Waals surface area contributed by atoms with E-state index in [1.165, 1.54) is 4.90 Å². The number of Topliss-reactive ketones (excluding diaryl/α,β-unsaturated/α-hetero) is 1. The van der Waals surface area contributed by atoms with Crippen molar-refractivity contribution in [1.29, 1.82) is 0 Å². The molecule has 10 heteroatoms. The number of nitrogens with one attached hydrogen (secondary N) is 1. The Kier molecular flexibility index (Phi) is 4.95. The molecule has 168 valence electrons. The largest absolute Gasteiger partial charge is 0.434 e. The molecule has 4 atom stereocenters. The first-order valence-corrected chi connectivity index (χ1v) is 10.9. The van der Waals surface area contributed by atoms with Gasteiger partial charge in [0.1, 0.15) is 5.78 Å². The Labute approximate surface area is 177 Å². The fraction of sp³-hybridized carbons (Fsp3) is 0.714. The van der Waals surface area contributed by atoms with E-state index in [-0.39, 0.29) is 44.1 Å². The molecule has 2 heterocycles. The summed E-state index contributed by atoms with van der Waals surface area (Å²) in [5.74, 6) is -0.104. The highest BCUT2D eigenvalue weighted by atomic mass is 19.4. The molecule has 1 aliphatic heterocycles. The first kappa shape index (κ1) is 20.7. The van der Waals surface area contributed by atoms with Crippen molar-refractivity contribution < 1.29 is 27.5 Å². The summed E-state index contributed by atoms with van der Waals surface area (Å²) in [6, 6.07) is 0. The highest BCUT2D eigenvalue weighted by Gasteiger charge is 2.52. The summed E-state index contributed by atoms with van der Waals surface area (Å²) in [5.41, 5.74) is -2.23. The van der Waals surface area contributed by atoms with Crippen LogP contribution in [0.4, 0.5) is 19.1 Å². The fourth-order valence-corrected chi connectivity index (χ4v) is 5.99. The number of ketones is 1. The number of carbonyl (C=O) groups is 2. The number of aromatic nitrogens is 2. The van der Waals surface area contributed by atoms with Gasteiger partial charge < -0.3 is 15.0 Å². The van der Waals surface area contributed by atoms with Crippen molar-refractivity contribution in [2.24, 2.45) is 17.8 Å². The van der Waals surface area contributed by atoms with Crippen LogP contribution in [0.3, 0.4) is 0 Å². The van der Waals surface area contributed by atoms with E-state index in [2.05, 4.69) is 15.3 Å². The van der Waals surface area contributed by atoms with Crippen molar-refractivity contribution in [2.45, 2.75) is 50.2 Å². The van der Waals surface area contributed by atoms with Gasteiger partial charge in [-0.1, -0.05) is 0 Å². The number of fused-ring (bicyclic) bond motifs is 1. The second kappa shape index (κ2) is 7.43. The van der Waals surface area contributed by atoms with Crippen LogP contribution >= 0.6 is 0 Å². The third-order valence-electron chi connectivity index (χ3n) is 7.29. The molecule has 4 aliphatic carbocycles. The molecule has 7 nitrogen and oxygen atoms in total. The van der Waals surface area contributed by atoms with Gasteiger partial charge in [-0.2, -0.15) is 13.2 Å². The molecule has 0 spiro atoms. The summed E-state index contributed by atoms with van der Waals surface area (Å²) < 4.78 is 46.6. The molecule has 5 aliphatic rings. The first-order valence-electron chi connectivity index (χ1n) is 10.9. The van der Waals surface area contributed by atoms with Gasteiger partial charge in [0.25, 0.3) is 5.91 Å². The van der Waals surface area contributed by atoms with Crippen molar-refractivity contribution in [3.05, 3.63) is 17.5 Å². The number of nitrogens with zero attached hydrogens (tertiary/aromatic N) is 3. The van der Waals surface area contributed by atoms with Crippen molar-refractivity contribution in [3.63, 3.8) is 0 Å². The van der Waals surface area contributed by atoms with Gasteiger partial charge in [-0.3, -0.25) is 9.59 Å². The lowest BCUT2D eigenvalue weighted by molar-refractivity contribution is -0.141. The Morgan fingerprint density at radius 1 is 1.19 bits per heavy atom. The number of hydrogen-bond acceptors (Lipinski definition) is 6. The van der Waals surface area contributed by atoms with Gasteiger partial charge >= 0.3 is 6.18 Å². The van der Waals surface area contributed by atoms with Crippen LogP contribution in [-0.2, 0) is 15.7 Å². The Hall–Kier alpha value is -2.23. The zero-order valence-electron chi connectivity index (χ0n) is 17.1. The van der Waals surface area contributed by atoms with Crippen molar-refractivity contribution >= 4 is 17.6 Å². The number of carbonyl (C=O) groups excluding carboxylic acids is 2. The highest BCUT2D eigenvalue weighted by Crippen LogP contribution is 2.52.